The zero-order valence-corrected chi connectivity index (χ0v) is 10.4. The summed E-state index contributed by atoms with van der Waals surface area (Å²) in [6.45, 7) is 0. The molecule has 0 bridgehead atoms. The fraction of sp³-hybridized carbons (Fsp3) is 0.533. The topological polar surface area (TPSA) is 17.1 Å². The molecular formula is C15H18F2O. The Morgan fingerprint density at radius 2 is 1.56 bits per heavy atom. The minimum Gasteiger partial charge on any atom is -0.294 e. The van der Waals surface area contributed by atoms with E-state index in [4.69, 9.17) is 0 Å². The van der Waals surface area contributed by atoms with Crippen LogP contribution < -0.4 is 0 Å². The normalized spacial score (nSPS) is 18.1. The van der Waals surface area contributed by atoms with Crippen LogP contribution in [0.5, 0.6) is 0 Å². The molecule has 1 saturated carbocycles. The van der Waals surface area contributed by atoms with Crippen molar-refractivity contribution >= 4 is 5.78 Å². The molecule has 2 rings (SSSR count). The van der Waals surface area contributed by atoms with Gasteiger partial charge in [-0.25, -0.2) is 8.78 Å². The molecule has 98 valence electrons. The van der Waals surface area contributed by atoms with Crippen LogP contribution >= 0.6 is 0 Å². The van der Waals surface area contributed by atoms with Crippen molar-refractivity contribution in [2.45, 2.75) is 44.9 Å². The summed E-state index contributed by atoms with van der Waals surface area (Å²) in [5.41, 5.74) is 0.305. The fourth-order valence-electron chi connectivity index (χ4n) is 2.60. The van der Waals surface area contributed by atoms with E-state index >= 15 is 0 Å². The van der Waals surface area contributed by atoms with Crippen molar-refractivity contribution in [3.63, 3.8) is 0 Å². The first-order chi connectivity index (χ1) is 8.68. The van der Waals surface area contributed by atoms with Crippen LogP contribution in [0.15, 0.2) is 18.2 Å². The van der Waals surface area contributed by atoms with Gasteiger partial charge in [0.1, 0.15) is 0 Å². The Kier molecular flexibility index (Phi) is 4.45. The summed E-state index contributed by atoms with van der Waals surface area (Å²) < 4.78 is 26.0. The molecule has 1 aromatic carbocycles. The van der Waals surface area contributed by atoms with E-state index in [-0.39, 0.29) is 11.7 Å². The maximum Gasteiger partial charge on any atom is 0.166 e. The number of ketones is 1. The highest BCUT2D eigenvalue weighted by Crippen LogP contribution is 2.25. The standard InChI is InChI=1S/C15H18F2O/c16-13-9-8-12(10-14(13)17)15(18)11-6-4-2-1-3-5-7-11/h8-11H,1-7H2. The third-order valence-corrected chi connectivity index (χ3v) is 3.68. The van der Waals surface area contributed by atoms with Crippen molar-refractivity contribution in [3.05, 3.63) is 35.4 Å². The first kappa shape index (κ1) is 13.2. The van der Waals surface area contributed by atoms with Crippen LogP contribution in [0.2, 0.25) is 0 Å². The van der Waals surface area contributed by atoms with Crippen LogP contribution in [0.4, 0.5) is 8.78 Å². The van der Waals surface area contributed by atoms with Crippen LogP contribution in [0.3, 0.4) is 0 Å². The van der Waals surface area contributed by atoms with Gasteiger partial charge in [0, 0.05) is 11.5 Å². The second-order valence-electron chi connectivity index (χ2n) is 5.04. The zero-order valence-electron chi connectivity index (χ0n) is 10.4. The molecule has 0 unspecified atom stereocenters. The van der Waals surface area contributed by atoms with Crippen molar-refractivity contribution in [2.24, 2.45) is 5.92 Å². The predicted molar refractivity (Wildman–Crippen MR) is 66.5 cm³/mol. The van der Waals surface area contributed by atoms with Gasteiger partial charge >= 0.3 is 0 Å². The smallest absolute Gasteiger partial charge is 0.166 e. The SMILES string of the molecule is O=C(c1ccc(F)c(F)c1)C1CCCCCCC1. The van der Waals surface area contributed by atoms with Crippen molar-refractivity contribution in [1.29, 1.82) is 0 Å². The minimum atomic E-state index is -0.938. The van der Waals surface area contributed by atoms with Gasteiger partial charge < -0.3 is 0 Å². The molecule has 1 aromatic rings. The van der Waals surface area contributed by atoms with E-state index in [0.29, 0.717) is 5.56 Å². The Morgan fingerprint density at radius 1 is 0.944 bits per heavy atom. The molecule has 0 saturated heterocycles. The van der Waals surface area contributed by atoms with E-state index in [2.05, 4.69) is 0 Å². The lowest BCUT2D eigenvalue weighted by Crippen LogP contribution is -2.16. The summed E-state index contributed by atoms with van der Waals surface area (Å²) in [4.78, 5) is 12.2. The average Bonchev–Trinajstić information content (AvgIpc) is 2.31. The minimum absolute atomic E-state index is 0.0184. The lowest BCUT2D eigenvalue weighted by atomic mass is 9.85. The van der Waals surface area contributed by atoms with Crippen LogP contribution in [0.1, 0.15) is 55.3 Å². The van der Waals surface area contributed by atoms with E-state index in [0.717, 1.165) is 37.8 Å². The van der Waals surface area contributed by atoms with Gasteiger partial charge in [0.15, 0.2) is 17.4 Å². The quantitative estimate of drug-likeness (QED) is 0.708. The van der Waals surface area contributed by atoms with E-state index in [1.54, 1.807) is 0 Å². The number of carbonyl (C=O) groups excluding carboxylic acids is 1. The largest absolute Gasteiger partial charge is 0.294 e. The van der Waals surface area contributed by atoms with Crippen molar-refractivity contribution in [3.8, 4) is 0 Å². The predicted octanol–water partition coefficient (Wildman–Crippen LogP) is 4.51. The zero-order chi connectivity index (χ0) is 13.0. The number of halogens is 2. The average molecular weight is 252 g/mol. The van der Waals surface area contributed by atoms with Gasteiger partial charge in [0.2, 0.25) is 0 Å². The van der Waals surface area contributed by atoms with Gasteiger partial charge in [0.25, 0.3) is 0 Å². The van der Waals surface area contributed by atoms with E-state index in [9.17, 15) is 13.6 Å². The molecule has 0 N–H and O–H groups in total. The molecule has 18 heavy (non-hydrogen) atoms. The molecule has 1 aliphatic rings. The summed E-state index contributed by atoms with van der Waals surface area (Å²) in [5.74, 6) is -1.89. The molecule has 1 fully saturated rings. The second-order valence-corrected chi connectivity index (χ2v) is 5.04. The van der Waals surface area contributed by atoms with Gasteiger partial charge in [0.05, 0.1) is 0 Å². The van der Waals surface area contributed by atoms with Crippen molar-refractivity contribution in [1.82, 2.24) is 0 Å². The van der Waals surface area contributed by atoms with Gasteiger partial charge in [-0.1, -0.05) is 32.1 Å². The molecule has 0 aromatic heterocycles. The first-order valence-electron chi connectivity index (χ1n) is 6.68. The molecular weight excluding hydrogens is 234 g/mol. The third-order valence-electron chi connectivity index (χ3n) is 3.68. The molecule has 0 aliphatic heterocycles. The highest BCUT2D eigenvalue weighted by Gasteiger charge is 2.21. The molecule has 0 spiro atoms. The first-order valence-corrected chi connectivity index (χ1v) is 6.68. The third kappa shape index (κ3) is 3.15. The Bertz CT molecular complexity index is 421. The maximum atomic E-state index is 13.1. The lowest BCUT2D eigenvalue weighted by molar-refractivity contribution is 0.0898. The molecule has 0 amide bonds. The van der Waals surface area contributed by atoms with Crippen LogP contribution in [-0.2, 0) is 0 Å². The molecule has 0 heterocycles. The van der Waals surface area contributed by atoms with Gasteiger partial charge in [-0.05, 0) is 31.0 Å². The number of hydrogen-bond acceptors (Lipinski definition) is 1. The number of Topliss-reactive ketones (excluding diaryl/α,β-unsaturated/α-hetero) is 1. The van der Waals surface area contributed by atoms with E-state index in [1.807, 2.05) is 0 Å². The number of rotatable bonds is 2. The second kappa shape index (κ2) is 6.07. The van der Waals surface area contributed by atoms with Crippen molar-refractivity contribution < 1.29 is 13.6 Å². The highest BCUT2D eigenvalue weighted by atomic mass is 19.2. The van der Waals surface area contributed by atoms with Gasteiger partial charge in [-0.2, -0.15) is 0 Å². The van der Waals surface area contributed by atoms with Crippen molar-refractivity contribution in [2.75, 3.05) is 0 Å². The summed E-state index contributed by atoms with van der Waals surface area (Å²) in [7, 11) is 0. The Balaban J connectivity index is 2.10. The van der Waals surface area contributed by atoms with Gasteiger partial charge in [-0.15, -0.1) is 0 Å². The molecule has 0 radical (unpaired) electrons. The molecule has 0 atom stereocenters. The summed E-state index contributed by atoms with van der Waals surface area (Å²) >= 11 is 0. The Morgan fingerprint density at radius 3 is 2.17 bits per heavy atom. The molecule has 3 heteroatoms. The number of carbonyl (C=O) groups is 1. The number of benzene rings is 1. The van der Waals surface area contributed by atoms with Crippen LogP contribution in [0, 0.1) is 17.6 Å². The van der Waals surface area contributed by atoms with Crippen LogP contribution in [0.25, 0.3) is 0 Å². The Hall–Kier alpha value is -1.25. The molecule has 1 nitrogen and oxygen atoms in total. The summed E-state index contributed by atoms with van der Waals surface area (Å²) in [6.07, 6.45) is 7.44. The summed E-state index contributed by atoms with van der Waals surface area (Å²) in [5, 5.41) is 0. The highest BCUT2D eigenvalue weighted by molar-refractivity contribution is 5.97. The van der Waals surface area contributed by atoms with Crippen LogP contribution in [-0.4, -0.2) is 5.78 Å². The summed E-state index contributed by atoms with van der Waals surface area (Å²) in [6, 6.07) is 3.45. The molecule has 1 aliphatic carbocycles. The monoisotopic (exact) mass is 252 g/mol. The maximum absolute atomic E-state index is 13.1. The van der Waals surface area contributed by atoms with E-state index in [1.165, 1.54) is 25.3 Å². The number of hydrogen-bond donors (Lipinski definition) is 0. The van der Waals surface area contributed by atoms with E-state index < -0.39 is 11.6 Å². The fourth-order valence-corrected chi connectivity index (χ4v) is 2.60. The lowest BCUT2D eigenvalue weighted by Gasteiger charge is -2.18. The van der Waals surface area contributed by atoms with Gasteiger partial charge in [-0.3, -0.25) is 4.79 Å². The Labute approximate surface area is 106 Å².